The van der Waals surface area contributed by atoms with Crippen LogP contribution in [0.2, 0.25) is 0 Å². The number of nitrogens with two attached hydrogens (primary N) is 1. The zero-order valence-electron chi connectivity index (χ0n) is 9.70. The van der Waals surface area contributed by atoms with E-state index < -0.39 is 0 Å². The molecule has 0 spiro atoms. The SMILES string of the molecule is Cc1cc(N)cc(NCc2ccc(Br)cc2)c1. The summed E-state index contributed by atoms with van der Waals surface area (Å²) in [7, 11) is 0. The van der Waals surface area contributed by atoms with E-state index in [2.05, 4.69) is 39.4 Å². The predicted octanol–water partition coefficient (Wildman–Crippen LogP) is 3.95. The van der Waals surface area contributed by atoms with Gasteiger partial charge in [-0.15, -0.1) is 0 Å². The van der Waals surface area contributed by atoms with Crippen molar-refractivity contribution in [2.45, 2.75) is 13.5 Å². The second-order valence-electron chi connectivity index (χ2n) is 4.11. The number of halogens is 1. The molecule has 0 aliphatic carbocycles. The average molecular weight is 291 g/mol. The number of hydrogen-bond donors (Lipinski definition) is 2. The van der Waals surface area contributed by atoms with E-state index in [1.54, 1.807) is 0 Å². The summed E-state index contributed by atoms with van der Waals surface area (Å²) in [6.45, 7) is 2.84. The minimum absolute atomic E-state index is 0.795. The molecule has 0 bridgehead atoms. The number of benzene rings is 2. The van der Waals surface area contributed by atoms with Crippen LogP contribution in [-0.4, -0.2) is 0 Å². The number of hydrogen-bond acceptors (Lipinski definition) is 2. The number of nitrogen functional groups attached to an aromatic ring is 1. The standard InChI is InChI=1S/C14H15BrN2/c1-10-6-13(16)8-14(7-10)17-9-11-2-4-12(15)5-3-11/h2-8,17H,9,16H2,1H3. The van der Waals surface area contributed by atoms with Crippen molar-refractivity contribution >= 4 is 27.3 Å². The van der Waals surface area contributed by atoms with Crippen LogP contribution < -0.4 is 11.1 Å². The molecule has 17 heavy (non-hydrogen) atoms. The Morgan fingerprint density at radius 1 is 1.12 bits per heavy atom. The molecular weight excluding hydrogens is 276 g/mol. The van der Waals surface area contributed by atoms with Gasteiger partial charge >= 0.3 is 0 Å². The zero-order valence-corrected chi connectivity index (χ0v) is 11.3. The van der Waals surface area contributed by atoms with E-state index in [-0.39, 0.29) is 0 Å². The summed E-state index contributed by atoms with van der Waals surface area (Å²) >= 11 is 3.42. The third-order valence-corrected chi connectivity index (χ3v) is 3.04. The lowest BCUT2D eigenvalue weighted by molar-refractivity contribution is 1.15. The van der Waals surface area contributed by atoms with Crippen LogP contribution in [0.25, 0.3) is 0 Å². The van der Waals surface area contributed by atoms with Crippen LogP contribution in [0.3, 0.4) is 0 Å². The predicted molar refractivity (Wildman–Crippen MR) is 77.1 cm³/mol. The van der Waals surface area contributed by atoms with Crippen molar-refractivity contribution in [2.75, 3.05) is 11.1 Å². The first kappa shape index (κ1) is 12.0. The molecule has 0 radical (unpaired) electrons. The molecule has 3 N–H and O–H groups in total. The quantitative estimate of drug-likeness (QED) is 0.840. The Balaban J connectivity index is 2.04. The van der Waals surface area contributed by atoms with Gasteiger partial charge in [0.25, 0.3) is 0 Å². The van der Waals surface area contributed by atoms with E-state index in [0.29, 0.717) is 0 Å². The van der Waals surface area contributed by atoms with Gasteiger partial charge in [0.2, 0.25) is 0 Å². The molecule has 88 valence electrons. The van der Waals surface area contributed by atoms with E-state index in [4.69, 9.17) is 5.73 Å². The van der Waals surface area contributed by atoms with E-state index in [1.165, 1.54) is 11.1 Å². The molecule has 0 aliphatic rings. The maximum absolute atomic E-state index is 5.80. The largest absolute Gasteiger partial charge is 0.399 e. The van der Waals surface area contributed by atoms with Gasteiger partial charge < -0.3 is 11.1 Å². The van der Waals surface area contributed by atoms with Gasteiger partial charge in [-0.2, -0.15) is 0 Å². The Morgan fingerprint density at radius 2 is 1.82 bits per heavy atom. The Kier molecular flexibility index (Phi) is 3.69. The van der Waals surface area contributed by atoms with E-state index in [0.717, 1.165) is 22.4 Å². The minimum atomic E-state index is 0.795. The van der Waals surface area contributed by atoms with Gasteiger partial charge in [0.05, 0.1) is 0 Å². The molecule has 0 saturated heterocycles. The molecule has 2 nitrogen and oxygen atoms in total. The van der Waals surface area contributed by atoms with Crippen LogP contribution in [0.4, 0.5) is 11.4 Å². The van der Waals surface area contributed by atoms with Crippen LogP contribution in [0, 0.1) is 6.92 Å². The second kappa shape index (κ2) is 5.23. The maximum atomic E-state index is 5.80. The fourth-order valence-corrected chi connectivity index (χ4v) is 1.99. The van der Waals surface area contributed by atoms with E-state index in [9.17, 15) is 0 Å². The molecule has 3 heteroatoms. The van der Waals surface area contributed by atoms with Crippen LogP contribution in [0.15, 0.2) is 46.9 Å². The van der Waals surface area contributed by atoms with Gasteiger partial charge in [0.1, 0.15) is 0 Å². The highest BCUT2D eigenvalue weighted by Gasteiger charge is 1.97. The van der Waals surface area contributed by atoms with Crippen molar-refractivity contribution in [3.05, 3.63) is 58.1 Å². The van der Waals surface area contributed by atoms with Crippen LogP contribution in [0.1, 0.15) is 11.1 Å². The highest BCUT2D eigenvalue weighted by molar-refractivity contribution is 9.10. The Labute approximate surface area is 110 Å². The Hall–Kier alpha value is -1.48. The molecule has 0 saturated carbocycles. The third-order valence-electron chi connectivity index (χ3n) is 2.51. The lowest BCUT2D eigenvalue weighted by Crippen LogP contribution is -2.00. The summed E-state index contributed by atoms with van der Waals surface area (Å²) in [5.74, 6) is 0. The highest BCUT2D eigenvalue weighted by atomic mass is 79.9. The number of aryl methyl sites for hydroxylation is 1. The number of rotatable bonds is 3. The zero-order chi connectivity index (χ0) is 12.3. The van der Waals surface area contributed by atoms with Crippen LogP contribution in [0.5, 0.6) is 0 Å². The summed E-state index contributed by atoms with van der Waals surface area (Å²) in [6, 6.07) is 14.3. The van der Waals surface area contributed by atoms with Gasteiger partial charge in [-0.25, -0.2) is 0 Å². The summed E-state index contributed by atoms with van der Waals surface area (Å²) in [5, 5.41) is 3.37. The summed E-state index contributed by atoms with van der Waals surface area (Å²) in [6.07, 6.45) is 0. The molecule has 0 aliphatic heterocycles. The highest BCUT2D eigenvalue weighted by Crippen LogP contribution is 2.17. The molecule has 0 amide bonds. The Bertz CT molecular complexity index is 486. The molecule has 0 fully saturated rings. The van der Waals surface area contributed by atoms with Gasteiger partial charge in [-0.3, -0.25) is 0 Å². The van der Waals surface area contributed by atoms with E-state index >= 15 is 0 Å². The van der Waals surface area contributed by atoms with E-state index in [1.807, 2.05) is 31.2 Å². The fourth-order valence-electron chi connectivity index (χ4n) is 1.72. The van der Waals surface area contributed by atoms with Crippen molar-refractivity contribution < 1.29 is 0 Å². The molecule has 0 heterocycles. The van der Waals surface area contributed by atoms with Crippen molar-refractivity contribution in [2.24, 2.45) is 0 Å². The number of nitrogens with one attached hydrogen (secondary N) is 1. The molecule has 2 aromatic rings. The lowest BCUT2D eigenvalue weighted by atomic mass is 10.2. The number of anilines is 2. The smallest absolute Gasteiger partial charge is 0.0400 e. The molecule has 2 rings (SSSR count). The topological polar surface area (TPSA) is 38.0 Å². The van der Waals surface area contributed by atoms with Gasteiger partial charge in [-0.1, -0.05) is 28.1 Å². The normalized spacial score (nSPS) is 10.2. The van der Waals surface area contributed by atoms with Gasteiger partial charge in [-0.05, 0) is 48.4 Å². The summed E-state index contributed by atoms with van der Waals surface area (Å²) in [5.41, 5.74) is 10.1. The monoisotopic (exact) mass is 290 g/mol. The van der Waals surface area contributed by atoms with Crippen molar-refractivity contribution in [3.63, 3.8) is 0 Å². The van der Waals surface area contributed by atoms with Crippen molar-refractivity contribution in [1.82, 2.24) is 0 Å². The average Bonchev–Trinajstić information content (AvgIpc) is 2.27. The molecule has 2 aromatic carbocycles. The molecule has 0 unspecified atom stereocenters. The van der Waals surface area contributed by atoms with Gasteiger partial charge in [0.15, 0.2) is 0 Å². The first-order chi connectivity index (χ1) is 8.13. The van der Waals surface area contributed by atoms with Crippen molar-refractivity contribution in [1.29, 1.82) is 0 Å². The van der Waals surface area contributed by atoms with Crippen LogP contribution in [-0.2, 0) is 6.54 Å². The minimum Gasteiger partial charge on any atom is -0.399 e. The molecule has 0 atom stereocenters. The summed E-state index contributed by atoms with van der Waals surface area (Å²) in [4.78, 5) is 0. The first-order valence-electron chi connectivity index (χ1n) is 5.49. The van der Waals surface area contributed by atoms with Crippen LogP contribution >= 0.6 is 15.9 Å². The van der Waals surface area contributed by atoms with Crippen molar-refractivity contribution in [3.8, 4) is 0 Å². The molecule has 0 aromatic heterocycles. The second-order valence-corrected chi connectivity index (χ2v) is 5.03. The lowest BCUT2D eigenvalue weighted by Gasteiger charge is -2.08. The molecular formula is C14H15BrN2. The Morgan fingerprint density at radius 3 is 2.47 bits per heavy atom. The fraction of sp³-hybridized carbons (Fsp3) is 0.143. The maximum Gasteiger partial charge on any atom is 0.0400 e. The van der Waals surface area contributed by atoms with Gasteiger partial charge in [0, 0.05) is 22.4 Å². The third kappa shape index (κ3) is 3.49. The first-order valence-corrected chi connectivity index (χ1v) is 6.28. The summed E-state index contributed by atoms with van der Waals surface area (Å²) < 4.78 is 1.10.